The fourth-order valence-electron chi connectivity index (χ4n) is 0.460. The van der Waals surface area contributed by atoms with Gasteiger partial charge in [-0.05, 0) is 19.9 Å². The molecule has 3 nitrogen and oxygen atoms in total. The number of carbonyl (C=O) groups excluding carboxylic acids is 1. The SMILES string of the molecule is C=CC(=O)C(O)C(C)(C)O. The van der Waals surface area contributed by atoms with Gasteiger partial charge in [-0.1, -0.05) is 6.58 Å². The molecule has 0 aromatic heterocycles. The molecule has 0 aliphatic heterocycles. The van der Waals surface area contributed by atoms with Crippen LogP contribution in [0.1, 0.15) is 13.8 Å². The topological polar surface area (TPSA) is 57.5 Å². The second-order valence-electron chi connectivity index (χ2n) is 2.66. The third-order valence-corrected chi connectivity index (χ3v) is 1.14. The second kappa shape index (κ2) is 2.94. The Kier molecular flexibility index (Phi) is 2.75. The predicted molar refractivity (Wildman–Crippen MR) is 37.5 cm³/mol. The van der Waals surface area contributed by atoms with E-state index in [0.717, 1.165) is 6.08 Å². The van der Waals surface area contributed by atoms with Crippen molar-refractivity contribution in [3.63, 3.8) is 0 Å². The molecule has 0 radical (unpaired) electrons. The van der Waals surface area contributed by atoms with Crippen molar-refractivity contribution in [1.29, 1.82) is 0 Å². The molecule has 0 saturated heterocycles. The summed E-state index contributed by atoms with van der Waals surface area (Å²) >= 11 is 0. The van der Waals surface area contributed by atoms with E-state index in [0.29, 0.717) is 0 Å². The maximum Gasteiger partial charge on any atom is 0.186 e. The fourth-order valence-corrected chi connectivity index (χ4v) is 0.460. The molecule has 0 heterocycles. The van der Waals surface area contributed by atoms with E-state index in [1.54, 1.807) is 0 Å². The van der Waals surface area contributed by atoms with Crippen molar-refractivity contribution in [2.24, 2.45) is 0 Å². The van der Waals surface area contributed by atoms with Crippen LogP contribution in [0.4, 0.5) is 0 Å². The third-order valence-electron chi connectivity index (χ3n) is 1.14. The average Bonchev–Trinajstić information content (AvgIpc) is 1.83. The summed E-state index contributed by atoms with van der Waals surface area (Å²) < 4.78 is 0. The monoisotopic (exact) mass is 144 g/mol. The smallest absolute Gasteiger partial charge is 0.186 e. The summed E-state index contributed by atoms with van der Waals surface area (Å²) in [6, 6.07) is 0. The zero-order valence-electron chi connectivity index (χ0n) is 6.16. The Balaban J connectivity index is 4.21. The molecule has 3 heteroatoms. The van der Waals surface area contributed by atoms with Crippen LogP contribution in [0.3, 0.4) is 0 Å². The molecule has 0 fully saturated rings. The lowest BCUT2D eigenvalue weighted by molar-refractivity contribution is -0.134. The lowest BCUT2D eigenvalue weighted by atomic mass is 9.98. The van der Waals surface area contributed by atoms with Crippen LogP contribution in [0, 0.1) is 0 Å². The highest BCUT2D eigenvalue weighted by Gasteiger charge is 2.28. The summed E-state index contributed by atoms with van der Waals surface area (Å²) in [6.07, 6.45) is -0.382. The number of hydrogen-bond acceptors (Lipinski definition) is 3. The average molecular weight is 144 g/mol. The van der Waals surface area contributed by atoms with Gasteiger partial charge in [0.2, 0.25) is 0 Å². The number of aliphatic hydroxyl groups excluding tert-OH is 1. The first-order chi connectivity index (χ1) is 4.39. The molecule has 1 atom stereocenters. The Bertz CT molecular complexity index is 143. The summed E-state index contributed by atoms with van der Waals surface area (Å²) in [6.45, 7) is 5.89. The van der Waals surface area contributed by atoms with Crippen LogP contribution in [-0.2, 0) is 4.79 Å². The van der Waals surface area contributed by atoms with E-state index < -0.39 is 17.5 Å². The van der Waals surface area contributed by atoms with Crippen LogP contribution in [0.5, 0.6) is 0 Å². The van der Waals surface area contributed by atoms with Crippen molar-refractivity contribution in [2.45, 2.75) is 25.6 Å². The number of carbonyl (C=O) groups is 1. The minimum atomic E-state index is -1.38. The Morgan fingerprint density at radius 1 is 1.70 bits per heavy atom. The highest BCUT2D eigenvalue weighted by atomic mass is 16.3. The van der Waals surface area contributed by atoms with Crippen molar-refractivity contribution in [3.05, 3.63) is 12.7 Å². The van der Waals surface area contributed by atoms with E-state index in [1.165, 1.54) is 13.8 Å². The maximum atomic E-state index is 10.6. The highest BCUT2D eigenvalue weighted by Crippen LogP contribution is 2.08. The molecule has 0 amide bonds. The van der Waals surface area contributed by atoms with Gasteiger partial charge in [0.25, 0.3) is 0 Å². The van der Waals surface area contributed by atoms with Gasteiger partial charge in [0.05, 0.1) is 5.60 Å². The minimum absolute atomic E-state index is 0.562. The lowest BCUT2D eigenvalue weighted by Gasteiger charge is -2.21. The highest BCUT2D eigenvalue weighted by molar-refractivity contribution is 5.93. The minimum Gasteiger partial charge on any atom is -0.387 e. The largest absolute Gasteiger partial charge is 0.387 e. The van der Waals surface area contributed by atoms with Crippen molar-refractivity contribution < 1.29 is 15.0 Å². The zero-order chi connectivity index (χ0) is 8.36. The van der Waals surface area contributed by atoms with Gasteiger partial charge in [0, 0.05) is 0 Å². The van der Waals surface area contributed by atoms with E-state index in [9.17, 15) is 4.79 Å². The number of hydrogen-bond donors (Lipinski definition) is 2. The van der Waals surface area contributed by atoms with Gasteiger partial charge in [-0.3, -0.25) is 4.79 Å². The quantitative estimate of drug-likeness (QED) is 0.542. The van der Waals surface area contributed by atoms with Crippen LogP contribution >= 0.6 is 0 Å². The molecule has 0 spiro atoms. The standard InChI is InChI=1S/C7H12O3/c1-4-5(8)6(9)7(2,3)10/h4,6,9-10H,1H2,2-3H3. The van der Waals surface area contributed by atoms with Crippen LogP contribution in [0.25, 0.3) is 0 Å². The van der Waals surface area contributed by atoms with Gasteiger partial charge in [0.15, 0.2) is 5.78 Å². The van der Waals surface area contributed by atoms with Gasteiger partial charge in [-0.15, -0.1) is 0 Å². The van der Waals surface area contributed by atoms with Gasteiger partial charge in [-0.2, -0.15) is 0 Å². The normalized spacial score (nSPS) is 14.4. The molecular weight excluding hydrogens is 132 g/mol. The number of aliphatic hydroxyl groups is 2. The van der Waals surface area contributed by atoms with E-state index in [2.05, 4.69) is 6.58 Å². The molecule has 1 unspecified atom stereocenters. The first kappa shape index (κ1) is 9.33. The van der Waals surface area contributed by atoms with Crippen molar-refractivity contribution in [3.8, 4) is 0 Å². The summed E-state index contributed by atoms with van der Waals surface area (Å²) in [5.74, 6) is -0.562. The zero-order valence-corrected chi connectivity index (χ0v) is 6.16. The van der Waals surface area contributed by atoms with Crippen molar-refractivity contribution in [1.82, 2.24) is 0 Å². The second-order valence-corrected chi connectivity index (χ2v) is 2.66. The predicted octanol–water partition coefficient (Wildman–Crippen LogP) is -0.127. The maximum absolute atomic E-state index is 10.6. The third kappa shape index (κ3) is 2.29. The molecule has 0 rings (SSSR count). The molecule has 0 aliphatic rings. The lowest BCUT2D eigenvalue weighted by Crippen LogP contribution is -2.41. The first-order valence-corrected chi connectivity index (χ1v) is 2.96. The first-order valence-electron chi connectivity index (χ1n) is 2.96. The molecule has 0 saturated carbocycles. The molecule has 0 bridgehead atoms. The Morgan fingerprint density at radius 2 is 2.10 bits per heavy atom. The van der Waals surface area contributed by atoms with E-state index in [4.69, 9.17) is 10.2 Å². The van der Waals surface area contributed by atoms with Gasteiger partial charge in [0.1, 0.15) is 6.10 Å². The Labute approximate surface area is 60.0 Å². The molecule has 0 aromatic rings. The number of ketones is 1. The number of rotatable bonds is 3. The van der Waals surface area contributed by atoms with Crippen LogP contribution in [-0.4, -0.2) is 27.7 Å². The molecule has 0 aromatic carbocycles. The van der Waals surface area contributed by atoms with E-state index >= 15 is 0 Å². The summed E-state index contributed by atoms with van der Waals surface area (Å²) in [5, 5.41) is 18.1. The molecule has 58 valence electrons. The van der Waals surface area contributed by atoms with Gasteiger partial charge >= 0.3 is 0 Å². The van der Waals surface area contributed by atoms with E-state index in [-0.39, 0.29) is 0 Å². The van der Waals surface area contributed by atoms with Gasteiger partial charge < -0.3 is 10.2 Å². The molecule has 0 aliphatic carbocycles. The summed E-state index contributed by atoms with van der Waals surface area (Å²) in [4.78, 5) is 10.6. The Hall–Kier alpha value is -0.670. The van der Waals surface area contributed by atoms with Crippen LogP contribution < -0.4 is 0 Å². The molecule has 2 N–H and O–H groups in total. The van der Waals surface area contributed by atoms with E-state index in [1.807, 2.05) is 0 Å². The van der Waals surface area contributed by atoms with Crippen molar-refractivity contribution in [2.75, 3.05) is 0 Å². The van der Waals surface area contributed by atoms with Crippen LogP contribution in [0.2, 0.25) is 0 Å². The van der Waals surface area contributed by atoms with Crippen molar-refractivity contribution >= 4 is 5.78 Å². The molecular formula is C7H12O3. The summed E-state index contributed by atoms with van der Waals surface area (Å²) in [7, 11) is 0. The summed E-state index contributed by atoms with van der Waals surface area (Å²) in [5.41, 5.74) is -1.38. The fraction of sp³-hybridized carbons (Fsp3) is 0.571. The Morgan fingerprint density at radius 3 is 2.20 bits per heavy atom. The van der Waals surface area contributed by atoms with Crippen LogP contribution in [0.15, 0.2) is 12.7 Å². The van der Waals surface area contributed by atoms with Gasteiger partial charge in [-0.25, -0.2) is 0 Å². The molecule has 10 heavy (non-hydrogen) atoms.